The fourth-order valence-electron chi connectivity index (χ4n) is 12.1. The van der Waals surface area contributed by atoms with Crippen molar-refractivity contribution in [3.05, 3.63) is 0 Å². The molecule has 0 aromatic rings. The highest BCUT2D eigenvalue weighted by Gasteiger charge is 2.44. The normalized spacial score (nSPS) is 18.4. The Labute approximate surface area is 491 Å². The zero-order chi connectivity index (χ0) is 57.2. The summed E-state index contributed by atoms with van der Waals surface area (Å²) in [4.78, 5) is 13.2. The maximum absolute atomic E-state index is 13.2. The van der Waals surface area contributed by atoms with Gasteiger partial charge >= 0.3 is 0 Å². The second kappa shape index (κ2) is 60.3. The number of hydrogen-bond acceptors (Lipinski definition) is 8. The molecule has 1 saturated heterocycles. The summed E-state index contributed by atoms with van der Waals surface area (Å²) < 4.78 is 11.4. The second-order valence-corrected chi connectivity index (χ2v) is 25.4. The van der Waals surface area contributed by atoms with Gasteiger partial charge in [-0.25, -0.2) is 0 Å². The van der Waals surface area contributed by atoms with Crippen molar-refractivity contribution in [2.75, 3.05) is 13.2 Å². The highest BCUT2D eigenvalue weighted by molar-refractivity contribution is 5.76. The number of ether oxygens (including phenoxy) is 2. The Hall–Kier alpha value is -0.810. The maximum atomic E-state index is 13.2. The SMILES string of the molecule is CCCCCCCCCCCCCCCCCCCCCCCCCCCCCCCC(O)C(COC1OC(CO)C(O)C(O)C1O)NC(=O)CCCCCCCCCCCCCCCCCCCCCCCCCCCCC. The zero-order valence-electron chi connectivity index (χ0n) is 52.9. The Kier molecular flexibility index (Phi) is 58.2. The lowest BCUT2D eigenvalue weighted by Crippen LogP contribution is -2.60. The summed E-state index contributed by atoms with van der Waals surface area (Å²) in [6.45, 7) is 3.91. The molecule has 0 spiro atoms. The molecule has 1 heterocycles. The zero-order valence-corrected chi connectivity index (χ0v) is 52.9. The molecule has 9 nitrogen and oxygen atoms in total. The van der Waals surface area contributed by atoms with Crippen LogP contribution in [0.25, 0.3) is 0 Å². The molecule has 9 heteroatoms. The maximum Gasteiger partial charge on any atom is 0.220 e. The summed E-state index contributed by atoms with van der Waals surface area (Å²) in [7, 11) is 0. The number of carbonyl (C=O) groups is 1. The highest BCUT2D eigenvalue weighted by Crippen LogP contribution is 2.24. The van der Waals surface area contributed by atoms with E-state index in [9.17, 15) is 30.3 Å². The van der Waals surface area contributed by atoms with E-state index in [1.807, 2.05) is 0 Å². The van der Waals surface area contributed by atoms with Crippen molar-refractivity contribution >= 4 is 5.91 Å². The van der Waals surface area contributed by atoms with Gasteiger partial charge in [0.2, 0.25) is 5.91 Å². The number of unbranched alkanes of at least 4 members (excludes halogenated alkanes) is 54. The Balaban J connectivity index is 2.09. The molecule has 1 rings (SSSR count). The topological polar surface area (TPSA) is 149 Å². The number of amides is 1. The van der Waals surface area contributed by atoms with Crippen LogP contribution in [-0.2, 0) is 14.3 Å². The number of hydrogen-bond donors (Lipinski definition) is 6. The third kappa shape index (κ3) is 49.2. The molecule has 7 atom stereocenters. The van der Waals surface area contributed by atoms with Crippen LogP contribution in [0.3, 0.4) is 0 Å². The number of aliphatic hydroxyl groups excluding tert-OH is 5. The fourth-order valence-corrected chi connectivity index (χ4v) is 12.1. The first-order valence-electron chi connectivity index (χ1n) is 35.7. The van der Waals surface area contributed by atoms with E-state index >= 15 is 0 Å². The first-order valence-corrected chi connectivity index (χ1v) is 35.7. The molecule has 1 aliphatic rings. The van der Waals surface area contributed by atoms with E-state index in [1.165, 1.54) is 321 Å². The Morgan fingerprint density at radius 3 is 0.899 bits per heavy atom. The molecular formula is C70H139NO8. The van der Waals surface area contributed by atoms with Gasteiger partial charge in [0.1, 0.15) is 24.4 Å². The number of nitrogens with one attached hydrogen (secondary N) is 1. The van der Waals surface area contributed by atoms with Gasteiger partial charge in [0.05, 0.1) is 25.4 Å². The van der Waals surface area contributed by atoms with Crippen LogP contribution < -0.4 is 5.32 Å². The van der Waals surface area contributed by atoms with E-state index in [0.29, 0.717) is 12.8 Å². The molecule has 0 aromatic heterocycles. The molecule has 0 aliphatic carbocycles. The largest absolute Gasteiger partial charge is 0.394 e. The number of carbonyl (C=O) groups excluding carboxylic acids is 1. The molecule has 0 bridgehead atoms. The van der Waals surface area contributed by atoms with Crippen molar-refractivity contribution in [1.82, 2.24) is 5.32 Å². The van der Waals surface area contributed by atoms with E-state index in [4.69, 9.17) is 9.47 Å². The molecule has 0 aromatic carbocycles. The molecule has 1 aliphatic heterocycles. The number of aliphatic hydroxyl groups is 5. The molecule has 1 fully saturated rings. The van der Waals surface area contributed by atoms with Crippen LogP contribution in [0.5, 0.6) is 0 Å². The van der Waals surface area contributed by atoms with Crippen molar-refractivity contribution in [3.8, 4) is 0 Å². The van der Waals surface area contributed by atoms with Gasteiger partial charge < -0.3 is 40.3 Å². The summed E-state index contributed by atoms with van der Waals surface area (Å²) in [6, 6.07) is -0.715. The van der Waals surface area contributed by atoms with Crippen molar-refractivity contribution in [1.29, 1.82) is 0 Å². The van der Waals surface area contributed by atoms with Crippen LogP contribution >= 0.6 is 0 Å². The Bertz CT molecular complexity index is 1210. The lowest BCUT2D eigenvalue weighted by Gasteiger charge is -2.40. The van der Waals surface area contributed by atoms with E-state index in [0.717, 1.165) is 38.5 Å². The minimum atomic E-state index is -1.55. The molecule has 0 radical (unpaired) electrons. The minimum Gasteiger partial charge on any atom is -0.394 e. The summed E-state index contributed by atoms with van der Waals surface area (Å²) in [5.41, 5.74) is 0. The van der Waals surface area contributed by atoms with Crippen molar-refractivity contribution in [2.24, 2.45) is 0 Å². The van der Waals surface area contributed by atoms with Crippen LogP contribution in [0.2, 0.25) is 0 Å². The van der Waals surface area contributed by atoms with Crippen LogP contribution in [0, 0.1) is 0 Å². The van der Waals surface area contributed by atoms with Gasteiger partial charge in [-0.05, 0) is 12.8 Å². The van der Waals surface area contributed by atoms with Gasteiger partial charge in [-0.15, -0.1) is 0 Å². The molecule has 79 heavy (non-hydrogen) atoms. The minimum absolute atomic E-state index is 0.130. The monoisotopic (exact) mass is 1120 g/mol. The third-order valence-electron chi connectivity index (χ3n) is 17.7. The van der Waals surface area contributed by atoms with Crippen LogP contribution in [0.4, 0.5) is 0 Å². The molecule has 1 amide bonds. The molecule has 7 unspecified atom stereocenters. The smallest absolute Gasteiger partial charge is 0.220 e. The van der Waals surface area contributed by atoms with E-state index in [2.05, 4.69) is 19.2 Å². The first-order chi connectivity index (χ1) is 38.8. The molecule has 0 saturated carbocycles. The quantitative estimate of drug-likeness (QED) is 0.0330. The standard InChI is InChI=1S/C70H139NO8/c1-3-5-7-9-11-13-15-17-19-21-23-25-27-29-31-32-34-35-37-39-41-43-45-47-49-51-53-55-57-59-64(73)63(62-78-70-69(77)68(76)67(75)65(61-72)79-70)71-66(74)60-58-56-54-52-50-48-46-44-42-40-38-36-33-30-28-26-24-22-20-18-16-14-12-10-8-6-4-2/h63-65,67-70,72-73,75-77H,3-62H2,1-2H3,(H,71,74). The summed E-state index contributed by atoms with van der Waals surface area (Å²) in [5.74, 6) is -0.133. The number of rotatable bonds is 64. The van der Waals surface area contributed by atoms with Crippen LogP contribution in [0.1, 0.15) is 386 Å². The van der Waals surface area contributed by atoms with E-state index in [-0.39, 0.29) is 12.5 Å². The van der Waals surface area contributed by atoms with Crippen LogP contribution in [0.15, 0.2) is 0 Å². The van der Waals surface area contributed by atoms with E-state index in [1.54, 1.807) is 0 Å². The van der Waals surface area contributed by atoms with Gasteiger partial charge in [-0.3, -0.25) is 4.79 Å². The first kappa shape index (κ1) is 76.2. The molecule has 6 N–H and O–H groups in total. The predicted octanol–water partition coefficient (Wildman–Crippen LogP) is 19.3. The third-order valence-corrected chi connectivity index (χ3v) is 17.7. The Morgan fingerprint density at radius 1 is 0.380 bits per heavy atom. The average Bonchev–Trinajstić information content (AvgIpc) is 3.47. The summed E-state index contributed by atoms with van der Waals surface area (Å²) in [5, 5.41) is 55.0. The van der Waals surface area contributed by atoms with Gasteiger partial charge in [0, 0.05) is 6.42 Å². The summed E-state index contributed by atoms with van der Waals surface area (Å²) in [6.07, 6.45) is 68.9. The molecule has 472 valence electrons. The van der Waals surface area contributed by atoms with Crippen molar-refractivity contribution in [3.63, 3.8) is 0 Å². The lowest BCUT2D eigenvalue weighted by molar-refractivity contribution is -0.302. The van der Waals surface area contributed by atoms with Crippen LogP contribution in [-0.4, -0.2) is 87.5 Å². The second-order valence-electron chi connectivity index (χ2n) is 25.4. The average molecular weight is 1120 g/mol. The predicted molar refractivity (Wildman–Crippen MR) is 337 cm³/mol. The summed E-state index contributed by atoms with van der Waals surface area (Å²) >= 11 is 0. The highest BCUT2D eigenvalue weighted by atomic mass is 16.7. The van der Waals surface area contributed by atoms with Crippen molar-refractivity contribution < 1.29 is 39.8 Å². The van der Waals surface area contributed by atoms with Gasteiger partial charge in [0.15, 0.2) is 6.29 Å². The van der Waals surface area contributed by atoms with Gasteiger partial charge in [-0.2, -0.15) is 0 Å². The van der Waals surface area contributed by atoms with Gasteiger partial charge in [-0.1, -0.05) is 367 Å². The lowest BCUT2D eigenvalue weighted by atomic mass is 9.99. The molecular weight excluding hydrogens is 983 g/mol. The fraction of sp³-hybridized carbons (Fsp3) is 0.986. The van der Waals surface area contributed by atoms with Gasteiger partial charge in [0.25, 0.3) is 0 Å². The van der Waals surface area contributed by atoms with Crippen molar-refractivity contribution in [2.45, 2.75) is 429 Å². The van der Waals surface area contributed by atoms with E-state index < -0.39 is 49.5 Å². The Morgan fingerprint density at radius 2 is 0.633 bits per heavy atom.